The smallest absolute Gasteiger partial charge is 0.408 e. The highest BCUT2D eigenvalue weighted by atomic mass is 32.2. The molecule has 0 saturated carbocycles. The molecule has 0 aromatic carbocycles. The molecule has 1 N–H and O–H groups in total. The first-order valence-corrected chi connectivity index (χ1v) is 8.56. The predicted molar refractivity (Wildman–Crippen MR) is 79.7 cm³/mol. The molecule has 0 rings (SSSR count). The number of amides is 1. The van der Waals surface area contributed by atoms with Gasteiger partial charge in [-0.15, -0.1) is 0 Å². The van der Waals surface area contributed by atoms with E-state index in [1.807, 2.05) is 13.8 Å². The zero-order chi connectivity index (χ0) is 16.7. The van der Waals surface area contributed by atoms with Crippen LogP contribution in [-0.4, -0.2) is 51.7 Å². The van der Waals surface area contributed by atoms with Gasteiger partial charge in [-0.3, -0.25) is 4.18 Å². The monoisotopic (exact) mass is 325 g/mol. The van der Waals surface area contributed by atoms with Gasteiger partial charge in [0.1, 0.15) is 5.60 Å². The molecule has 0 spiro atoms. The van der Waals surface area contributed by atoms with Gasteiger partial charge in [-0.2, -0.15) is 8.42 Å². The fraction of sp³-hybridized carbons (Fsp3) is 0.923. The van der Waals surface area contributed by atoms with E-state index in [-0.39, 0.29) is 13.2 Å². The molecule has 0 aromatic heterocycles. The van der Waals surface area contributed by atoms with Crippen molar-refractivity contribution in [1.82, 2.24) is 5.32 Å². The molecular weight excluding hydrogens is 298 g/mol. The molecule has 0 aliphatic rings. The minimum atomic E-state index is -3.40. The van der Waals surface area contributed by atoms with E-state index in [0.717, 1.165) is 6.26 Å². The van der Waals surface area contributed by atoms with E-state index in [2.05, 4.69) is 9.50 Å². The number of ether oxygens (including phenoxy) is 2. The Morgan fingerprint density at radius 2 is 1.67 bits per heavy atom. The Bertz CT molecular complexity index is 424. The van der Waals surface area contributed by atoms with Gasteiger partial charge in [0.2, 0.25) is 0 Å². The van der Waals surface area contributed by atoms with Crippen LogP contribution in [0.15, 0.2) is 0 Å². The minimum absolute atomic E-state index is 0.0821. The van der Waals surface area contributed by atoms with Gasteiger partial charge < -0.3 is 14.8 Å². The molecule has 0 radical (unpaired) electrons. The topological polar surface area (TPSA) is 90.9 Å². The maximum atomic E-state index is 11.6. The van der Waals surface area contributed by atoms with Gasteiger partial charge in [-0.25, -0.2) is 4.79 Å². The summed E-state index contributed by atoms with van der Waals surface area (Å²) in [5.41, 5.74) is -1.13. The molecule has 21 heavy (non-hydrogen) atoms. The number of hydrogen-bond acceptors (Lipinski definition) is 6. The second-order valence-electron chi connectivity index (χ2n) is 6.44. The molecule has 7 nitrogen and oxygen atoms in total. The van der Waals surface area contributed by atoms with E-state index < -0.39 is 27.4 Å². The Kier molecular flexibility index (Phi) is 7.63. The van der Waals surface area contributed by atoms with Crippen molar-refractivity contribution >= 4 is 16.2 Å². The third-order valence-corrected chi connectivity index (χ3v) is 2.63. The highest BCUT2D eigenvalue weighted by Crippen LogP contribution is 2.10. The quantitative estimate of drug-likeness (QED) is 0.539. The van der Waals surface area contributed by atoms with E-state index in [4.69, 9.17) is 9.47 Å². The van der Waals surface area contributed by atoms with E-state index in [0.29, 0.717) is 13.0 Å². The number of hydrogen-bond donors (Lipinski definition) is 1. The Hall–Kier alpha value is -0.860. The first-order chi connectivity index (χ1) is 9.31. The summed E-state index contributed by atoms with van der Waals surface area (Å²) in [6, 6.07) is 0. The van der Waals surface area contributed by atoms with Crippen LogP contribution in [0.3, 0.4) is 0 Å². The number of carbonyl (C=O) groups is 1. The zero-order valence-corrected chi connectivity index (χ0v) is 14.5. The Labute approximate surface area is 127 Å². The average Bonchev–Trinajstić information content (AvgIpc) is 2.17. The zero-order valence-electron chi connectivity index (χ0n) is 13.7. The van der Waals surface area contributed by atoms with Crippen LogP contribution >= 0.6 is 0 Å². The van der Waals surface area contributed by atoms with Crippen LogP contribution in [0, 0.1) is 0 Å². The van der Waals surface area contributed by atoms with Crippen LogP contribution in [0.1, 0.15) is 41.0 Å². The summed E-state index contributed by atoms with van der Waals surface area (Å²) in [4.78, 5) is 11.6. The maximum absolute atomic E-state index is 11.6. The van der Waals surface area contributed by atoms with Crippen molar-refractivity contribution in [3.8, 4) is 0 Å². The molecule has 0 heterocycles. The minimum Gasteiger partial charge on any atom is -0.444 e. The number of rotatable bonds is 8. The van der Waals surface area contributed by atoms with Gasteiger partial charge in [0.25, 0.3) is 10.1 Å². The van der Waals surface area contributed by atoms with Gasteiger partial charge in [-0.1, -0.05) is 0 Å². The summed E-state index contributed by atoms with van der Waals surface area (Å²) < 4.78 is 36.6. The first kappa shape index (κ1) is 20.1. The van der Waals surface area contributed by atoms with Crippen molar-refractivity contribution in [1.29, 1.82) is 0 Å². The molecule has 126 valence electrons. The molecule has 0 aromatic rings. The largest absolute Gasteiger partial charge is 0.444 e. The normalized spacial score (nSPS) is 13.0. The molecular formula is C13H27NO6S. The summed E-state index contributed by atoms with van der Waals surface area (Å²) in [7, 11) is -3.40. The molecule has 0 saturated heterocycles. The molecule has 8 heteroatoms. The number of alkyl carbamates (subject to hydrolysis) is 1. The third kappa shape index (κ3) is 13.9. The van der Waals surface area contributed by atoms with Crippen LogP contribution < -0.4 is 5.32 Å². The van der Waals surface area contributed by atoms with Gasteiger partial charge in [0, 0.05) is 6.61 Å². The van der Waals surface area contributed by atoms with Crippen molar-refractivity contribution in [3.63, 3.8) is 0 Å². The van der Waals surface area contributed by atoms with Crippen LogP contribution in [0.25, 0.3) is 0 Å². The highest BCUT2D eigenvalue weighted by molar-refractivity contribution is 7.85. The Morgan fingerprint density at radius 3 is 2.14 bits per heavy atom. The lowest BCUT2D eigenvalue weighted by Crippen LogP contribution is -2.48. The fourth-order valence-corrected chi connectivity index (χ4v) is 1.74. The lowest BCUT2D eigenvalue weighted by molar-refractivity contribution is 0.0333. The van der Waals surface area contributed by atoms with Crippen LogP contribution in [0.4, 0.5) is 4.79 Å². The van der Waals surface area contributed by atoms with E-state index >= 15 is 0 Å². The first-order valence-electron chi connectivity index (χ1n) is 6.74. The van der Waals surface area contributed by atoms with Crippen molar-refractivity contribution in [2.24, 2.45) is 0 Å². The fourth-order valence-electron chi connectivity index (χ4n) is 1.31. The molecule has 0 fully saturated rings. The summed E-state index contributed by atoms with van der Waals surface area (Å²) in [6.45, 7) is 9.69. The van der Waals surface area contributed by atoms with E-state index in [9.17, 15) is 13.2 Å². The van der Waals surface area contributed by atoms with Crippen molar-refractivity contribution in [3.05, 3.63) is 0 Å². The third-order valence-electron chi connectivity index (χ3n) is 2.03. The van der Waals surface area contributed by atoms with Gasteiger partial charge in [0.05, 0.1) is 25.0 Å². The molecule has 0 bridgehead atoms. The molecule has 0 atom stereocenters. The van der Waals surface area contributed by atoms with Crippen molar-refractivity contribution in [2.45, 2.75) is 52.2 Å². The number of nitrogens with one attached hydrogen (secondary N) is 1. The van der Waals surface area contributed by atoms with Crippen molar-refractivity contribution in [2.75, 3.05) is 26.1 Å². The SMILES string of the molecule is CC(C)(COCCCOS(C)(=O)=O)NC(=O)OC(C)(C)C. The second-order valence-corrected chi connectivity index (χ2v) is 8.09. The number of carbonyl (C=O) groups excluding carboxylic acids is 1. The summed E-state index contributed by atoms with van der Waals surface area (Å²) in [5, 5.41) is 2.71. The Morgan fingerprint density at radius 1 is 1.10 bits per heavy atom. The molecule has 0 unspecified atom stereocenters. The summed E-state index contributed by atoms with van der Waals surface area (Å²) in [6.07, 6.45) is 0.952. The van der Waals surface area contributed by atoms with Gasteiger partial charge >= 0.3 is 6.09 Å². The summed E-state index contributed by atoms with van der Waals surface area (Å²) in [5.74, 6) is 0. The van der Waals surface area contributed by atoms with Gasteiger partial charge in [-0.05, 0) is 41.0 Å². The molecule has 1 amide bonds. The standard InChI is InChI=1S/C13H27NO6S/c1-12(2,3)20-11(15)14-13(4,5)10-18-8-7-9-19-21(6,16)17/h7-10H2,1-6H3,(H,14,15). The lowest BCUT2D eigenvalue weighted by Gasteiger charge is -2.28. The van der Waals surface area contributed by atoms with Crippen LogP contribution in [0.2, 0.25) is 0 Å². The second kappa shape index (κ2) is 7.95. The summed E-state index contributed by atoms with van der Waals surface area (Å²) >= 11 is 0. The van der Waals surface area contributed by atoms with E-state index in [1.54, 1.807) is 20.8 Å². The Balaban J connectivity index is 3.90. The lowest BCUT2D eigenvalue weighted by atomic mass is 10.1. The van der Waals surface area contributed by atoms with Crippen molar-refractivity contribution < 1.29 is 26.9 Å². The molecule has 0 aliphatic heterocycles. The maximum Gasteiger partial charge on any atom is 0.408 e. The van der Waals surface area contributed by atoms with Crippen LogP contribution in [0.5, 0.6) is 0 Å². The van der Waals surface area contributed by atoms with Gasteiger partial charge in [0.15, 0.2) is 0 Å². The highest BCUT2D eigenvalue weighted by Gasteiger charge is 2.24. The molecule has 0 aliphatic carbocycles. The van der Waals surface area contributed by atoms with E-state index in [1.165, 1.54) is 0 Å². The average molecular weight is 325 g/mol. The predicted octanol–water partition coefficient (Wildman–Crippen LogP) is 1.67. The van der Waals surface area contributed by atoms with Crippen LogP contribution in [-0.2, 0) is 23.8 Å².